The molecule has 6 nitrogen and oxygen atoms in total. The van der Waals surface area contributed by atoms with Crippen LogP contribution >= 0.6 is 0 Å². The Bertz CT molecular complexity index is 1230. The lowest BCUT2D eigenvalue weighted by atomic mass is 10.1. The molecule has 0 unspecified atom stereocenters. The standard InChI is InChI=1S/C21H15F3N4O2/c1-13(29)26-16-6-2-5-15(10-16)19-12-25-20-9-8-18(27-28(19)20)14-4-3-7-17(11-14)30-21(22,23)24/h2-12H,1H3,(H,26,29). The van der Waals surface area contributed by atoms with Gasteiger partial charge in [-0.15, -0.1) is 13.2 Å². The van der Waals surface area contributed by atoms with Crippen molar-refractivity contribution in [3.8, 4) is 28.3 Å². The Hall–Kier alpha value is -3.88. The number of benzene rings is 2. The van der Waals surface area contributed by atoms with Crippen molar-refractivity contribution in [3.05, 3.63) is 66.9 Å². The maximum Gasteiger partial charge on any atom is 0.573 e. The molecule has 0 atom stereocenters. The van der Waals surface area contributed by atoms with E-state index in [1.807, 2.05) is 6.07 Å². The molecule has 0 aliphatic heterocycles. The highest BCUT2D eigenvalue weighted by atomic mass is 19.4. The van der Waals surface area contributed by atoms with Crippen molar-refractivity contribution < 1.29 is 22.7 Å². The predicted molar refractivity (Wildman–Crippen MR) is 105 cm³/mol. The molecule has 2 heterocycles. The van der Waals surface area contributed by atoms with E-state index in [9.17, 15) is 18.0 Å². The van der Waals surface area contributed by atoms with Crippen molar-refractivity contribution in [1.29, 1.82) is 0 Å². The maximum atomic E-state index is 12.5. The van der Waals surface area contributed by atoms with Gasteiger partial charge in [0.25, 0.3) is 0 Å². The summed E-state index contributed by atoms with van der Waals surface area (Å²) in [5, 5.41) is 7.26. The van der Waals surface area contributed by atoms with E-state index in [2.05, 4.69) is 20.1 Å². The molecule has 4 rings (SSSR count). The van der Waals surface area contributed by atoms with Crippen LogP contribution in [0, 0.1) is 0 Å². The van der Waals surface area contributed by atoms with Crippen LogP contribution in [0.2, 0.25) is 0 Å². The van der Waals surface area contributed by atoms with Crippen LogP contribution in [0.3, 0.4) is 0 Å². The number of rotatable bonds is 4. The van der Waals surface area contributed by atoms with Crippen LogP contribution in [0.1, 0.15) is 6.92 Å². The highest BCUT2D eigenvalue weighted by molar-refractivity contribution is 5.89. The molecule has 4 aromatic rings. The molecule has 0 saturated carbocycles. The third kappa shape index (κ3) is 4.24. The maximum absolute atomic E-state index is 12.5. The second-order valence-electron chi connectivity index (χ2n) is 6.47. The van der Waals surface area contributed by atoms with E-state index >= 15 is 0 Å². The summed E-state index contributed by atoms with van der Waals surface area (Å²) in [6.45, 7) is 1.42. The average molecular weight is 412 g/mol. The second kappa shape index (κ2) is 7.51. The van der Waals surface area contributed by atoms with Gasteiger partial charge in [0, 0.05) is 23.7 Å². The zero-order chi connectivity index (χ0) is 21.3. The van der Waals surface area contributed by atoms with Crippen molar-refractivity contribution in [2.45, 2.75) is 13.3 Å². The minimum Gasteiger partial charge on any atom is -0.406 e. The molecule has 0 spiro atoms. The smallest absolute Gasteiger partial charge is 0.406 e. The third-order valence-corrected chi connectivity index (χ3v) is 4.20. The van der Waals surface area contributed by atoms with E-state index in [-0.39, 0.29) is 11.7 Å². The monoisotopic (exact) mass is 412 g/mol. The molecule has 0 bridgehead atoms. The van der Waals surface area contributed by atoms with Gasteiger partial charge in [-0.25, -0.2) is 9.50 Å². The third-order valence-electron chi connectivity index (χ3n) is 4.20. The fraction of sp³-hybridized carbons (Fsp3) is 0.0952. The predicted octanol–water partition coefficient (Wildman–Crippen LogP) is 4.92. The molecule has 1 amide bonds. The highest BCUT2D eigenvalue weighted by Crippen LogP contribution is 2.28. The Kier molecular flexibility index (Phi) is 4.86. The molecule has 30 heavy (non-hydrogen) atoms. The number of alkyl halides is 3. The molecule has 1 N–H and O–H groups in total. The first-order chi connectivity index (χ1) is 14.3. The summed E-state index contributed by atoms with van der Waals surface area (Å²) in [4.78, 5) is 15.6. The van der Waals surface area contributed by atoms with Gasteiger partial charge in [0.2, 0.25) is 5.91 Å². The van der Waals surface area contributed by atoms with Crippen molar-refractivity contribution in [1.82, 2.24) is 14.6 Å². The second-order valence-corrected chi connectivity index (χ2v) is 6.47. The summed E-state index contributed by atoms with van der Waals surface area (Å²) in [6.07, 6.45) is -3.13. The number of hydrogen-bond acceptors (Lipinski definition) is 4. The summed E-state index contributed by atoms with van der Waals surface area (Å²) in [7, 11) is 0. The molecule has 2 aromatic carbocycles. The summed E-state index contributed by atoms with van der Waals surface area (Å²) in [6, 6.07) is 16.2. The van der Waals surface area contributed by atoms with Gasteiger partial charge in [0.15, 0.2) is 5.65 Å². The van der Waals surface area contributed by atoms with Crippen LogP contribution in [0.5, 0.6) is 5.75 Å². The van der Waals surface area contributed by atoms with Crippen LogP contribution in [0.25, 0.3) is 28.2 Å². The Morgan fingerprint density at radius 3 is 2.57 bits per heavy atom. The quantitative estimate of drug-likeness (QED) is 0.517. The molecule has 0 fully saturated rings. The number of amides is 1. The number of fused-ring (bicyclic) bond motifs is 1. The molecule has 152 valence electrons. The SMILES string of the molecule is CC(=O)Nc1cccc(-c2cnc3ccc(-c4cccc(OC(F)(F)F)c4)nn23)c1. The zero-order valence-corrected chi connectivity index (χ0v) is 15.6. The van der Waals surface area contributed by atoms with Crippen molar-refractivity contribution in [2.24, 2.45) is 0 Å². The molecular formula is C21H15F3N4O2. The first-order valence-electron chi connectivity index (χ1n) is 8.87. The largest absolute Gasteiger partial charge is 0.573 e. The van der Waals surface area contributed by atoms with Gasteiger partial charge in [0.1, 0.15) is 5.75 Å². The average Bonchev–Trinajstić information content (AvgIpc) is 3.10. The number of halogens is 3. The lowest BCUT2D eigenvalue weighted by Gasteiger charge is -2.10. The first kappa shape index (κ1) is 19.4. The molecule has 0 aliphatic rings. The number of carbonyl (C=O) groups excluding carboxylic acids is 1. The zero-order valence-electron chi connectivity index (χ0n) is 15.6. The number of ether oxygens (including phenoxy) is 1. The number of imidazole rings is 1. The Morgan fingerprint density at radius 1 is 1.03 bits per heavy atom. The number of nitrogens with zero attached hydrogens (tertiary/aromatic N) is 3. The highest BCUT2D eigenvalue weighted by Gasteiger charge is 2.31. The van der Waals surface area contributed by atoms with E-state index in [1.54, 1.807) is 47.1 Å². The lowest BCUT2D eigenvalue weighted by Crippen LogP contribution is -2.17. The van der Waals surface area contributed by atoms with Crippen molar-refractivity contribution in [2.75, 3.05) is 5.32 Å². The molecule has 2 aromatic heterocycles. The Labute approximate surface area is 168 Å². The first-order valence-corrected chi connectivity index (χ1v) is 8.87. The lowest BCUT2D eigenvalue weighted by molar-refractivity contribution is -0.274. The number of carbonyl (C=O) groups is 1. The molecular weight excluding hydrogens is 397 g/mol. The van der Waals surface area contributed by atoms with Crippen LogP contribution in [-0.2, 0) is 4.79 Å². The summed E-state index contributed by atoms with van der Waals surface area (Å²) in [5.41, 5.74) is 3.55. The van der Waals surface area contributed by atoms with Gasteiger partial charge in [-0.05, 0) is 36.4 Å². The topological polar surface area (TPSA) is 68.5 Å². The van der Waals surface area contributed by atoms with Gasteiger partial charge in [-0.1, -0.05) is 24.3 Å². The van der Waals surface area contributed by atoms with E-state index in [0.717, 1.165) is 5.56 Å². The van der Waals surface area contributed by atoms with Crippen LogP contribution in [-0.4, -0.2) is 26.9 Å². The fourth-order valence-corrected chi connectivity index (χ4v) is 3.04. The normalized spacial score (nSPS) is 11.5. The summed E-state index contributed by atoms with van der Waals surface area (Å²) in [5.74, 6) is -0.512. The Balaban J connectivity index is 1.74. The molecule has 0 radical (unpaired) electrons. The van der Waals surface area contributed by atoms with Gasteiger partial charge in [0.05, 0.1) is 17.6 Å². The van der Waals surface area contributed by atoms with Crippen LogP contribution < -0.4 is 10.1 Å². The number of nitrogens with one attached hydrogen (secondary N) is 1. The number of hydrogen-bond donors (Lipinski definition) is 1. The van der Waals surface area contributed by atoms with Crippen molar-refractivity contribution in [3.63, 3.8) is 0 Å². The Morgan fingerprint density at radius 2 is 1.80 bits per heavy atom. The van der Waals surface area contributed by atoms with Gasteiger partial charge in [-0.3, -0.25) is 4.79 Å². The number of aromatic nitrogens is 3. The van der Waals surface area contributed by atoms with E-state index in [1.165, 1.54) is 25.1 Å². The molecule has 9 heteroatoms. The van der Waals surface area contributed by atoms with E-state index < -0.39 is 6.36 Å². The van der Waals surface area contributed by atoms with Crippen LogP contribution in [0.4, 0.5) is 18.9 Å². The van der Waals surface area contributed by atoms with E-state index in [0.29, 0.717) is 28.3 Å². The van der Waals surface area contributed by atoms with Gasteiger partial charge >= 0.3 is 6.36 Å². The minimum atomic E-state index is -4.77. The van der Waals surface area contributed by atoms with Gasteiger partial charge in [-0.2, -0.15) is 5.10 Å². The molecule has 0 aliphatic carbocycles. The summed E-state index contributed by atoms with van der Waals surface area (Å²) < 4.78 is 43.1. The van der Waals surface area contributed by atoms with Crippen molar-refractivity contribution >= 4 is 17.2 Å². The number of anilines is 1. The summed E-state index contributed by atoms with van der Waals surface area (Å²) >= 11 is 0. The van der Waals surface area contributed by atoms with Gasteiger partial charge < -0.3 is 10.1 Å². The van der Waals surface area contributed by atoms with Crippen LogP contribution in [0.15, 0.2) is 66.9 Å². The molecule has 0 saturated heterocycles. The minimum absolute atomic E-state index is 0.188. The fourth-order valence-electron chi connectivity index (χ4n) is 3.04. The van der Waals surface area contributed by atoms with E-state index in [4.69, 9.17) is 0 Å².